The van der Waals surface area contributed by atoms with E-state index in [-0.39, 0.29) is 5.91 Å². The second-order valence-electron chi connectivity index (χ2n) is 5.41. The van der Waals surface area contributed by atoms with Gasteiger partial charge in [0.1, 0.15) is 0 Å². The summed E-state index contributed by atoms with van der Waals surface area (Å²) in [4.78, 5) is 19.9. The molecule has 1 atom stereocenters. The van der Waals surface area contributed by atoms with Crippen molar-refractivity contribution in [3.63, 3.8) is 0 Å². The maximum Gasteiger partial charge on any atom is 0.255 e. The second kappa shape index (κ2) is 5.75. The van der Waals surface area contributed by atoms with E-state index < -0.39 is 0 Å². The van der Waals surface area contributed by atoms with Crippen LogP contribution in [0.15, 0.2) is 35.8 Å². The lowest BCUT2D eigenvalue weighted by molar-refractivity contribution is 0.0682. The first-order valence-corrected chi connectivity index (χ1v) is 7.91. The molecule has 0 aliphatic carbocycles. The van der Waals surface area contributed by atoms with Crippen LogP contribution in [0.1, 0.15) is 30.1 Å². The summed E-state index contributed by atoms with van der Waals surface area (Å²) in [5, 5.41) is 2.03. The minimum Gasteiger partial charge on any atom is -0.338 e. The zero-order chi connectivity index (χ0) is 13.9. The molecule has 3 rings (SSSR count). The molecule has 0 spiro atoms. The minimum atomic E-state index is 0.113. The largest absolute Gasteiger partial charge is 0.338 e. The molecular formula is C16H18N2OS. The molecule has 1 amide bonds. The lowest BCUT2D eigenvalue weighted by atomic mass is 10.00. The zero-order valence-electron chi connectivity index (χ0n) is 11.6. The number of piperidine rings is 1. The van der Waals surface area contributed by atoms with E-state index in [9.17, 15) is 4.79 Å². The molecule has 1 aliphatic heterocycles. The normalized spacial score (nSPS) is 19.1. The number of likely N-dealkylation sites (tertiary alicyclic amines) is 1. The van der Waals surface area contributed by atoms with Gasteiger partial charge in [0.15, 0.2) is 0 Å². The van der Waals surface area contributed by atoms with Crippen LogP contribution in [-0.4, -0.2) is 28.9 Å². The molecule has 2 aromatic heterocycles. The van der Waals surface area contributed by atoms with Crippen LogP contribution in [0.5, 0.6) is 0 Å². The van der Waals surface area contributed by atoms with Crippen LogP contribution in [0.4, 0.5) is 0 Å². The van der Waals surface area contributed by atoms with Gasteiger partial charge in [0.25, 0.3) is 5.91 Å². The molecule has 0 N–H and O–H groups in total. The van der Waals surface area contributed by atoms with Gasteiger partial charge in [-0.15, -0.1) is 11.3 Å². The van der Waals surface area contributed by atoms with Crippen LogP contribution >= 0.6 is 11.3 Å². The number of aromatic nitrogens is 1. The zero-order valence-corrected chi connectivity index (χ0v) is 12.4. The van der Waals surface area contributed by atoms with Gasteiger partial charge in [0, 0.05) is 19.3 Å². The smallest absolute Gasteiger partial charge is 0.255 e. The van der Waals surface area contributed by atoms with E-state index in [0.29, 0.717) is 11.5 Å². The van der Waals surface area contributed by atoms with E-state index in [1.165, 1.54) is 6.42 Å². The molecule has 1 saturated heterocycles. The lowest BCUT2D eigenvalue weighted by Crippen LogP contribution is -2.39. The SMILES string of the molecule is C[C@@H]1CCCN(C(=O)c2ccc(-c3cccs3)nc2)C1. The van der Waals surface area contributed by atoms with Gasteiger partial charge in [-0.1, -0.05) is 13.0 Å². The van der Waals surface area contributed by atoms with Gasteiger partial charge in [0.05, 0.1) is 16.1 Å². The number of thiophene rings is 1. The minimum absolute atomic E-state index is 0.113. The van der Waals surface area contributed by atoms with Gasteiger partial charge in [-0.25, -0.2) is 0 Å². The maximum atomic E-state index is 12.4. The second-order valence-corrected chi connectivity index (χ2v) is 6.36. The molecule has 4 heteroatoms. The molecule has 104 valence electrons. The average Bonchev–Trinajstić information content (AvgIpc) is 3.01. The highest BCUT2D eigenvalue weighted by Gasteiger charge is 2.22. The highest BCUT2D eigenvalue weighted by atomic mass is 32.1. The van der Waals surface area contributed by atoms with Crippen molar-refractivity contribution in [2.75, 3.05) is 13.1 Å². The topological polar surface area (TPSA) is 33.2 Å². The first-order valence-electron chi connectivity index (χ1n) is 7.03. The number of rotatable bonds is 2. The van der Waals surface area contributed by atoms with Gasteiger partial charge in [0.2, 0.25) is 0 Å². The van der Waals surface area contributed by atoms with Crippen LogP contribution in [0.2, 0.25) is 0 Å². The maximum absolute atomic E-state index is 12.4. The van der Waals surface area contributed by atoms with Gasteiger partial charge in [-0.2, -0.15) is 0 Å². The standard InChI is InChI=1S/C16H18N2OS/c1-12-4-2-8-18(11-12)16(19)13-6-7-14(17-10-13)15-5-3-9-20-15/h3,5-7,9-10,12H,2,4,8,11H2,1H3/t12-/m1/s1. The Bertz CT molecular complexity index is 577. The predicted molar refractivity (Wildman–Crippen MR) is 81.9 cm³/mol. The fraction of sp³-hybridized carbons (Fsp3) is 0.375. The van der Waals surface area contributed by atoms with Crippen molar-refractivity contribution in [1.82, 2.24) is 9.88 Å². The molecule has 0 bridgehead atoms. The summed E-state index contributed by atoms with van der Waals surface area (Å²) >= 11 is 1.66. The number of hydrogen-bond donors (Lipinski definition) is 0. The number of pyridine rings is 1. The van der Waals surface area contributed by atoms with Gasteiger partial charge < -0.3 is 4.90 Å². The Morgan fingerprint density at radius 2 is 2.30 bits per heavy atom. The third-order valence-electron chi connectivity index (χ3n) is 3.73. The van der Waals surface area contributed by atoms with Gasteiger partial charge in [-0.05, 0) is 42.3 Å². The summed E-state index contributed by atoms with van der Waals surface area (Å²) in [5.74, 6) is 0.716. The molecule has 0 unspecified atom stereocenters. The third-order valence-corrected chi connectivity index (χ3v) is 4.62. The Labute approximate surface area is 123 Å². The van der Waals surface area contributed by atoms with Crippen LogP contribution in [0.3, 0.4) is 0 Å². The van der Waals surface area contributed by atoms with E-state index in [2.05, 4.69) is 11.9 Å². The van der Waals surface area contributed by atoms with E-state index in [0.717, 1.165) is 30.1 Å². The number of hydrogen-bond acceptors (Lipinski definition) is 3. The van der Waals surface area contributed by atoms with Crippen molar-refractivity contribution in [1.29, 1.82) is 0 Å². The summed E-state index contributed by atoms with van der Waals surface area (Å²) < 4.78 is 0. The summed E-state index contributed by atoms with van der Waals surface area (Å²) in [5.41, 5.74) is 1.63. The van der Waals surface area contributed by atoms with Gasteiger partial charge in [-0.3, -0.25) is 9.78 Å². The van der Waals surface area contributed by atoms with Crippen molar-refractivity contribution in [2.24, 2.45) is 5.92 Å². The van der Waals surface area contributed by atoms with Crippen molar-refractivity contribution < 1.29 is 4.79 Å². The van der Waals surface area contributed by atoms with E-state index in [1.54, 1.807) is 17.5 Å². The van der Waals surface area contributed by atoms with Crippen LogP contribution < -0.4 is 0 Å². The summed E-state index contributed by atoms with van der Waals surface area (Å²) in [6.45, 7) is 3.94. The highest BCUT2D eigenvalue weighted by molar-refractivity contribution is 7.13. The van der Waals surface area contributed by atoms with Crippen molar-refractivity contribution >= 4 is 17.2 Å². The Hall–Kier alpha value is -1.68. The fourth-order valence-electron chi connectivity index (χ4n) is 2.65. The Morgan fingerprint density at radius 1 is 1.40 bits per heavy atom. The molecule has 3 heterocycles. The number of carbonyl (C=O) groups is 1. The average molecular weight is 286 g/mol. The number of amides is 1. The highest BCUT2D eigenvalue weighted by Crippen LogP contribution is 2.23. The molecule has 0 saturated carbocycles. The molecule has 1 aliphatic rings. The third kappa shape index (κ3) is 2.75. The number of nitrogens with zero attached hydrogens (tertiary/aromatic N) is 2. The molecular weight excluding hydrogens is 268 g/mol. The van der Waals surface area contributed by atoms with Crippen molar-refractivity contribution in [3.8, 4) is 10.6 Å². The monoisotopic (exact) mass is 286 g/mol. The Balaban J connectivity index is 1.75. The summed E-state index contributed by atoms with van der Waals surface area (Å²) in [6.07, 6.45) is 4.03. The van der Waals surface area contributed by atoms with Crippen LogP contribution in [0, 0.1) is 5.92 Å². The van der Waals surface area contributed by atoms with Crippen LogP contribution in [0.25, 0.3) is 10.6 Å². The predicted octanol–water partition coefficient (Wildman–Crippen LogP) is 3.68. The van der Waals surface area contributed by atoms with Crippen molar-refractivity contribution in [2.45, 2.75) is 19.8 Å². The van der Waals surface area contributed by atoms with Crippen molar-refractivity contribution in [3.05, 3.63) is 41.4 Å². The molecule has 0 radical (unpaired) electrons. The molecule has 20 heavy (non-hydrogen) atoms. The van der Waals surface area contributed by atoms with E-state index >= 15 is 0 Å². The fourth-order valence-corrected chi connectivity index (χ4v) is 3.35. The van der Waals surface area contributed by atoms with E-state index in [4.69, 9.17) is 0 Å². The first kappa shape index (κ1) is 13.3. The van der Waals surface area contributed by atoms with E-state index in [1.807, 2.05) is 34.5 Å². The molecule has 0 aromatic carbocycles. The summed E-state index contributed by atoms with van der Waals surface area (Å²) in [7, 11) is 0. The Morgan fingerprint density at radius 3 is 2.95 bits per heavy atom. The Kier molecular flexibility index (Phi) is 3.83. The summed E-state index contributed by atoms with van der Waals surface area (Å²) in [6, 6.07) is 7.88. The van der Waals surface area contributed by atoms with Crippen LogP contribution in [-0.2, 0) is 0 Å². The lowest BCUT2D eigenvalue weighted by Gasteiger charge is -2.30. The quantitative estimate of drug-likeness (QED) is 0.843. The number of carbonyl (C=O) groups excluding carboxylic acids is 1. The molecule has 3 nitrogen and oxygen atoms in total. The van der Waals surface area contributed by atoms with Gasteiger partial charge >= 0.3 is 0 Å². The molecule has 2 aromatic rings. The first-order chi connectivity index (χ1) is 9.74. The molecule has 1 fully saturated rings.